The second kappa shape index (κ2) is 8.33. The van der Waals surface area contributed by atoms with Crippen molar-refractivity contribution < 1.29 is 18.5 Å². The number of rotatable bonds is 6. The van der Waals surface area contributed by atoms with Gasteiger partial charge in [-0.2, -0.15) is 0 Å². The second-order valence-corrected chi connectivity index (χ2v) is 8.20. The van der Waals surface area contributed by atoms with Gasteiger partial charge >= 0.3 is 0 Å². The molecule has 0 radical (unpaired) electrons. The van der Waals surface area contributed by atoms with Crippen LogP contribution in [-0.4, -0.2) is 44.3 Å². The maximum atomic E-state index is 14.1. The third-order valence-electron chi connectivity index (χ3n) is 4.05. The first kappa shape index (κ1) is 19.7. The number of benzene rings is 2. The van der Waals surface area contributed by atoms with Crippen molar-refractivity contribution >= 4 is 44.4 Å². The molecule has 3 rings (SSSR count). The van der Waals surface area contributed by atoms with E-state index in [2.05, 4.69) is 4.98 Å². The molecule has 0 saturated heterocycles. The largest absolute Gasteiger partial charge is 0.338 e. The summed E-state index contributed by atoms with van der Waals surface area (Å²) in [5, 5.41) is 0.372. The van der Waals surface area contributed by atoms with Gasteiger partial charge in [-0.15, -0.1) is 11.8 Å². The van der Waals surface area contributed by atoms with Crippen molar-refractivity contribution in [3.05, 3.63) is 53.6 Å². The van der Waals surface area contributed by atoms with Crippen molar-refractivity contribution in [1.29, 1.82) is 0 Å². The number of carbonyl (C=O) groups is 1. The summed E-state index contributed by atoms with van der Waals surface area (Å²) in [6.45, 7) is 1.12. The van der Waals surface area contributed by atoms with Crippen LogP contribution in [0.4, 0.5) is 13.9 Å². The number of hydrogen-bond acceptors (Lipinski definition) is 4. The Hall–Kier alpha value is -2.03. The molecule has 3 aromatic rings. The zero-order chi connectivity index (χ0) is 19.6. The number of carbonyl (C=O) groups excluding carboxylic acids is 1. The molecule has 1 aromatic heterocycles. The Labute approximate surface area is 164 Å². The monoisotopic (exact) mass is 408 g/mol. The molecule has 1 heterocycles. The van der Waals surface area contributed by atoms with Crippen molar-refractivity contribution in [3.8, 4) is 0 Å². The molecule has 4 nitrogen and oxygen atoms in total. The van der Waals surface area contributed by atoms with Gasteiger partial charge < -0.3 is 4.90 Å². The zero-order valence-electron chi connectivity index (χ0n) is 15.3. The number of thiazole rings is 1. The van der Waals surface area contributed by atoms with Crippen LogP contribution in [0, 0.1) is 11.6 Å². The topological polar surface area (TPSA) is 37.6 Å². The van der Waals surface area contributed by atoms with E-state index in [9.17, 15) is 13.6 Å². The molecule has 0 saturated carbocycles. The van der Waals surface area contributed by atoms with Crippen LogP contribution in [0.15, 0.2) is 41.3 Å². The fraction of sp³-hybridized carbons (Fsp3) is 0.263. The number of hydrogen-bond donors (Lipinski definition) is 1. The summed E-state index contributed by atoms with van der Waals surface area (Å²) in [4.78, 5) is 21.2. The number of quaternary nitrogens is 1. The van der Waals surface area contributed by atoms with Gasteiger partial charge in [-0.05, 0) is 24.5 Å². The second-order valence-electron chi connectivity index (χ2n) is 6.34. The van der Waals surface area contributed by atoms with Crippen LogP contribution in [0.1, 0.15) is 10.4 Å². The minimum absolute atomic E-state index is 0.0875. The Balaban J connectivity index is 2.06. The molecule has 0 unspecified atom stereocenters. The van der Waals surface area contributed by atoms with E-state index in [-0.39, 0.29) is 11.4 Å². The van der Waals surface area contributed by atoms with Gasteiger partial charge in [0.1, 0.15) is 11.3 Å². The van der Waals surface area contributed by atoms with E-state index in [1.807, 2.05) is 38.6 Å². The van der Waals surface area contributed by atoms with Crippen molar-refractivity contribution in [2.24, 2.45) is 0 Å². The van der Waals surface area contributed by atoms with Crippen molar-refractivity contribution in [3.63, 3.8) is 0 Å². The third-order valence-corrected chi connectivity index (χ3v) is 5.87. The summed E-state index contributed by atoms with van der Waals surface area (Å²) < 4.78 is 28.0. The first-order chi connectivity index (χ1) is 12.9. The van der Waals surface area contributed by atoms with Crippen LogP contribution in [-0.2, 0) is 0 Å². The Morgan fingerprint density at radius 2 is 2.00 bits per heavy atom. The molecule has 0 bridgehead atoms. The molecule has 2 aromatic carbocycles. The van der Waals surface area contributed by atoms with Crippen LogP contribution in [0.3, 0.4) is 0 Å². The summed E-state index contributed by atoms with van der Waals surface area (Å²) in [5.74, 6) is -1.57. The van der Waals surface area contributed by atoms with Crippen molar-refractivity contribution in [2.45, 2.75) is 4.90 Å². The molecule has 0 atom stereocenters. The van der Waals surface area contributed by atoms with E-state index in [0.717, 1.165) is 22.3 Å². The summed E-state index contributed by atoms with van der Waals surface area (Å²) >= 11 is 2.61. The number of likely N-dealkylation sites (N-methyl/N-ethyl adjacent to an activating group) is 1. The van der Waals surface area contributed by atoms with Gasteiger partial charge in [-0.3, -0.25) is 9.69 Å². The van der Waals surface area contributed by atoms with Gasteiger partial charge in [-0.25, -0.2) is 13.8 Å². The highest BCUT2D eigenvalue weighted by Crippen LogP contribution is 2.32. The lowest BCUT2D eigenvalue weighted by Gasteiger charge is -2.21. The molecule has 142 valence electrons. The number of aromatic nitrogens is 1. The van der Waals surface area contributed by atoms with E-state index < -0.39 is 11.6 Å². The zero-order valence-corrected chi connectivity index (χ0v) is 16.9. The normalized spacial score (nSPS) is 11.3. The lowest BCUT2D eigenvalue weighted by atomic mass is 10.2. The smallest absolute Gasteiger partial charge is 0.261 e. The Kier molecular flexibility index (Phi) is 6.08. The number of anilines is 1. The molecule has 27 heavy (non-hydrogen) atoms. The SMILES string of the molecule is CSc1ccccc1C(=O)N(CC[NH+](C)C)c1nc2c(F)cc(F)cc2s1. The molecular formula is C19H20F2N3OS2+. The standard InChI is InChI=1S/C19H19F2N3OS2/c1-23(2)8-9-24(18(25)13-6-4-5-7-15(13)26-3)19-22-17-14(21)10-12(20)11-16(17)27-19/h4-7,10-11H,8-9H2,1-3H3/p+1. The molecule has 1 N–H and O–H groups in total. The van der Waals surface area contributed by atoms with Crippen LogP contribution < -0.4 is 9.80 Å². The summed E-state index contributed by atoms with van der Waals surface area (Å²) in [6, 6.07) is 9.42. The van der Waals surface area contributed by atoms with E-state index in [4.69, 9.17) is 0 Å². The van der Waals surface area contributed by atoms with Gasteiger partial charge in [0.05, 0.1) is 37.4 Å². The number of nitrogens with one attached hydrogen (secondary N) is 1. The number of thioether (sulfide) groups is 1. The van der Waals surface area contributed by atoms with Crippen molar-refractivity contribution in [2.75, 3.05) is 38.3 Å². The maximum absolute atomic E-state index is 14.1. The van der Waals surface area contributed by atoms with Gasteiger partial charge in [-0.1, -0.05) is 23.5 Å². The number of amides is 1. The fourth-order valence-electron chi connectivity index (χ4n) is 2.65. The third kappa shape index (κ3) is 4.28. The average molecular weight is 409 g/mol. The number of nitrogens with zero attached hydrogens (tertiary/aromatic N) is 2. The number of halogens is 2. The van der Waals surface area contributed by atoms with Crippen LogP contribution in [0.25, 0.3) is 10.2 Å². The summed E-state index contributed by atoms with van der Waals surface area (Å²) in [5.41, 5.74) is 0.661. The molecule has 0 fully saturated rings. The molecular weight excluding hydrogens is 388 g/mol. The first-order valence-electron chi connectivity index (χ1n) is 8.40. The average Bonchev–Trinajstić information content (AvgIpc) is 3.05. The van der Waals surface area contributed by atoms with Gasteiger partial charge in [0.2, 0.25) is 0 Å². The molecule has 8 heteroatoms. The molecule has 0 aliphatic carbocycles. The molecule has 0 aliphatic rings. The quantitative estimate of drug-likeness (QED) is 0.637. The Bertz CT molecular complexity index is 975. The van der Waals surface area contributed by atoms with Crippen LogP contribution in [0.2, 0.25) is 0 Å². The minimum Gasteiger partial charge on any atom is -0.338 e. The highest BCUT2D eigenvalue weighted by atomic mass is 32.2. The van der Waals surface area contributed by atoms with Gasteiger partial charge in [0.15, 0.2) is 10.9 Å². The van der Waals surface area contributed by atoms with Crippen molar-refractivity contribution in [1.82, 2.24) is 4.98 Å². The van der Waals surface area contributed by atoms with Crippen LogP contribution >= 0.6 is 23.1 Å². The predicted molar refractivity (Wildman–Crippen MR) is 107 cm³/mol. The maximum Gasteiger partial charge on any atom is 0.261 e. The van der Waals surface area contributed by atoms with Gasteiger partial charge in [0, 0.05) is 11.0 Å². The lowest BCUT2D eigenvalue weighted by Crippen LogP contribution is -3.06. The Morgan fingerprint density at radius 3 is 2.70 bits per heavy atom. The van der Waals surface area contributed by atoms with E-state index in [1.54, 1.807) is 11.0 Å². The molecule has 0 aliphatic heterocycles. The van der Waals surface area contributed by atoms with Gasteiger partial charge in [0.25, 0.3) is 5.91 Å². The first-order valence-corrected chi connectivity index (χ1v) is 10.4. The molecule has 0 spiro atoms. The van der Waals surface area contributed by atoms with E-state index >= 15 is 0 Å². The lowest BCUT2D eigenvalue weighted by molar-refractivity contribution is -0.856. The summed E-state index contributed by atoms with van der Waals surface area (Å²) in [6.07, 6.45) is 1.91. The highest BCUT2D eigenvalue weighted by Gasteiger charge is 2.24. The van der Waals surface area contributed by atoms with Crippen LogP contribution in [0.5, 0.6) is 0 Å². The van der Waals surface area contributed by atoms with E-state index in [1.165, 1.54) is 22.7 Å². The molecule has 1 amide bonds. The minimum atomic E-state index is -0.720. The highest BCUT2D eigenvalue weighted by molar-refractivity contribution is 7.98. The number of fused-ring (bicyclic) bond motifs is 1. The fourth-order valence-corrected chi connectivity index (χ4v) is 4.27. The predicted octanol–water partition coefficient (Wildman–Crippen LogP) is 3.09. The Morgan fingerprint density at radius 1 is 1.26 bits per heavy atom. The van der Waals surface area contributed by atoms with E-state index in [0.29, 0.717) is 28.5 Å². The summed E-state index contributed by atoms with van der Waals surface area (Å²) in [7, 11) is 3.98.